The summed E-state index contributed by atoms with van der Waals surface area (Å²) in [5.41, 5.74) is 5.26. The van der Waals surface area contributed by atoms with Gasteiger partial charge in [0.25, 0.3) is 0 Å². The largest absolute Gasteiger partial charge is 0.478 e. The first-order chi connectivity index (χ1) is 34.3. The maximum Gasteiger partial charge on any atom is 0.331 e. The Balaban J connectivity index is 2.95. The molecule has 0 aliphatic carbocycles. The molecular formula is C52H90N8O13. The summed E-state index contributed by atoms with van der Waals surface area (Å²) in [4.78, 5) is 94.7. The number of carboxylic acid groups (broad SMARTS) is 1. The van der Waals surface area contributed by atoms with Gasteiger partial charge in [-0.3, -0.25) is 28.8 Å². The van der Waals surface area contributed by atoms with E-state index in [0.29, 0.717) is 76.9 Å². The highest BCUT2D eigenvalue weighted by Crippen LogP contribution is 2.31. The molecule has 6 amide bonds. The van der Waals surface area contributed by atoms with E-state index in [9.17, 15) is 38.7 Å². The highest BCUT2D eigenvalue weighted by Gasteiger charge is 2.42. The summed E-state index contributed by atoms with van der Waals surface area (Å²) in [7, 11) is 4.85. The molecule has 1 rings (SSSR count). The van der Waals surface area contributed by atoms with E-state index in [2.05, 4.69) is 31.9 Å². The topological polar surface area (TPSA) is 287 Å². The Morgan fingerprint density at radius 2 is 1.32 bits per heavy atom. The molecule has 0 aliphatic rings. The first-order valence-electron chi connectivity index (χ1n) is 25.3. The van der Waals surface area contributed by atoms with Gasteiger partial charge in [0.15, 0.2) is 0 Å². The molecule has 1 aromatic carbocycles. The minimum atomic E-state index is -1.09. The molecule has 5 atom stereocenters. The van der Waals surface area contributed by atoms with Crippen molar-refractivity contribution in [3.05, 3.63) is 41.5 Å². The van der Waals surface area contributed by atoms with Gasteiger partial charge in [-0.2, -0.15) is 0 Å². The van der Waals surface area contributed by atoms with E-state index >= 15 is 0 Å². The van der Waals surface area contributed by atoms with Crippen molar-refractivity contribution in [1.82, 2.24) is 31.5 Å². The Hall–Kier alpha value is -5.03. The summed E-state index contributed by atoms with van der Waals surface area (Å²) in [5.74, 6) is -4.45. The van der Waals surface area contributed by atoms with Gasteiger partial charge in [-0.15, -0.1) is 0 Å². The summed E-state index contributed by atoms with van der Waals surface area (Å²) >= 11 is 0. The summed E-state index contributed by atoms with van der Waals surface area (Å²) < 4.78 is 26.7. The number of nitrogens with two attached hydrogens (primary N) is 1. The third-order valence-corrected chi connectivity index (χ3v) is 12.1. The van der Waals surface area contributed by atoms with E-state index in [0.717, 1.165) is 0 Å². The molecule has 0 spiro atoms. The fourth-order valence-corrected chi connectivity index (χ4v) is 7.66. The molecule has 1 aromatic rings. The zero-order valence-electron chi connectivity index (χ0n) is 45.9. The molecule has 21 nitrogen and oxygen atoms in total. The minimum Gasteiger partial charge on any atom is -0.478 e. The van der Waals surface area contributed by atoms with Gasteiger partial charge in [-0.05, 0) is 74.7 Å². The van der Waals surface area contributed by atoms with Crippen molar-refractivity contribution in [2.75, 3.05) is 99.1 Å². The number of carboxylic acids is 1. The lowest BCUT2D eigenvalue weighted by Gasteiger charge is -2.40. The van der Waals surface area contributed by atoms with Gasteiger partial charge in [0.05, 0.1) is 78.1 Å². The maximum absolute atomic E-state index is 14.2. The summed E-state index contributed by atoms with van der Waals surface area (Å²) in [6, 6.07) is 2.58. The van der Waals surface area contributed by atoms with Crippen molar-refractivity contribution in [2.24, 2.45) is 23.0 Å². The van der Waals surface area contributed by atoms with Crippen LogP contribution >= 0.6 is 0 Å². The monoisotopic (exact) mass is 1030 g/mol. The van der Waals surface area contributed by atoms with Crippen LogP contribution in [0.4, 0.5) is 5.69 Å². The van der Waals surface area contributed by atoms with Crippen LogP contribution in [0.5, 0.6) is 0 Å². The quantitative estimate of drug-likeness (QED) is 0.0351. The van der Waals surface area contributed by atoms with E-state index < -0.39 is 83.1 Å². The number of nitrogens with zero attached hydrogens (tertiary/aromatic N) is 1. The summed E-state index contributed by atoms with van der Waals surface area (Å²) in [6.45, 7) is 21.4. The highest BCUT2D eigenvalue weighted by molar-refractivity contribution is 5.97. The van der Waals surface area contributed by atoms with Gasteiger partial charge in [-0.25, -0.2) is 4.79 Å². The molecule has 0 radical (unpaired) electrons. The van der Waals surface area contributed by atoms with Crippen molar-refractivity contribution >= 4 is 47.1 Å². The van der Waals surface area contributed by atoms with Crippen molar-refractivity contribution < 1.29 is 62.4 Å². The normalized spacial score (nSPS) is 14.2. The van der Waals surface area contributed by atoms with E-state index in [1.165, 1.54) is 11.8 Å². The average Bonchev–Trinajstić information content (AvgIpc) is 3.32. The number of carbonyl (C=O) groups is 7. The summed E-state index contributed by atoms with van der Waals surface area (Å²) in [6.07, 6.45) is 2.89. The van der Waals surface area contributed by atoms with Crippen LogP contribution in [0.15, 0.2) is 35.9 Å². The smallest absolute Gasteiger partial charge is 0.331 e. The third kappa shape index (κ3) is 24.7. The van der Waals surface area contributed by atoms with Gasteiger partial charge in [-0.1, -0.05) is 80.5 Å². The van der Waals surface area contributed by atoms with Gasteiger partial charge >= 0.3 is 5.97 Å². The van der Waals surface area contributed by atoms with Crippen LogP contribution in [0.3, 0.4) is 0 Å². The molecule has 416 valence electrons. The number of aliphatic carboxylic acids is 1. The number of carbonyl (C=O) groups excluding carboxylic acids is 6. The van der Waals surface area contributed by atoms with Crippen molar-refractivity contribution in [3.8, 4) is 0 Å². The van der Waals surface area contributed by atoms with Gasteiger partial charge in [0.1, 0.15) is 18.1 Å². The Morgan fingerprint density at radius 1 is 0.740 bits per heavy atom. The molecule has 21 heteroatoms. The van der Waals surface area contributed by atoms with E-state index in [1.54, 1.807) is 59.3 Å². The van der Waals surface area contributed by atoms with Crippen LogP contribution in [-0.4, -0.2) is 175 Å². The van der Waals surface area contributed by atoms with Gasteiger partial charge in [0.2, 0.25) is 35.4 Å². The second-order valence-corrected chi connectivity index (χ2v) is 20.3. The first-order valence-corrected chi connectivity index (χ1v) is 25.3. The number of nitrogens with one attached hydrogen (secondary N) is 6. The average molecular weight is 1040 g/mol. The lowest BCUT2D eigenvalue weighted by Crippen LogP contribution is -2.61. The Morgan fingerprint density at radius 3 is 1.82 bits per heavy atom. The number of anilines is 1. The second kappa shape index (κ2) is 34.5. The highest BCUT2D eigenvalue weighted by atomic mass is 16.6. The molecule has 0 saturated carbocycles. The molecule has 0 fully saturated rings. The second-order valence-electron chi connectivity index (χ2n) is 20.3. The fourth-order valence-electron chi connectivity index (χ4n) is 7.66. The fraction of sp³-hybridized carbons (Fsp3) is 0.712. The molecule has 0 heterocycles. The van der Waals surface area contributed by atoms with E-state index in [4.69, 9.17) is 29.4 Å². The van der Waals surface area contributed by atoms with Gasteiger partial charge in [0, 0.05) is 37.3 Å². The Kier molecular flexibility index (Phi) is 31.1. The van der Waals surface area contributed by atoms with Crippen LogP contribution in [0, 0.1) is 17.3 Å². The molecule has 73 heavy (non-hydrogen) atoms. The molecule has 0 bridgehead atoms. The molecule has 0 aliphatic heterocycles. The SMILES string of the molecule is CN[C@H](C(=O)N[C@H](C(=O)N(C)[C@H](/C=C(\C)C(=O)O)C(C)C)C(C)(C)C)C(C)(C)c1cccc(NC(=O)CNC(=O)[C@H](CCCCN)NC(=O)[C@@H](NC(=O)CCOCCOCCOCCOCCOC)C(C)C)c1. The van der Waals surface area contributed by atoms with E-state index in [1.807, 2.05) is 54.5 Å². The predicted octanol–water partition coefficient (Wildman–Crippen LogP) is 2.51. The zero-order chi connectivity index (χ0) is 55.3. The lowest BCUT2D eigenvalue weighted by atomic mass is 9.76. The first kappa shape index (κ1) is 66.0. The number of methoxy groups -OCH3 is 1. The molecular weight excluding hydrogens is 945 g/mol. The summed E-state index contributed by atoms with van der Waals surface area (Å²) in [5, 5.41) is 26.6. The van der Waals surface area contributed by atoms with Crippen molar-refractivity contribution in [1.29, 1.82) is 0 Å². The number of unbranched alkanes of at least 4 members (excludes halogenated alkanes) is 1. The number of rotatable bonds is 37. The Bertz CT molecular complexity index is 1910. The molecule has 9 N–H and O–H groups in total. The number of hydrogen-bond donors (Lipinski definition) is 8. The number of hydrogen-bond acceptors (Lipinski definition) is 14. The Labute approximate surface area is 433 Å². The van der Waals surface area contributed by atoms with Crippen LogP contribution in [-0.2, 0) is 62.7 Å². The molecule has 0 aromatic heterocycles. The number of likely N-dealkylation sites (N-methyl/N-ethyl adjacent to an activating group) is 2. The lowest BCUT2D eigenvalue weighted by molar-refractivity contribution is -0.141. The molecule has 0 saturated heterocycles. The number of amides is 6. The zero-order valence-corrected chi connectivity index (χ0v) is 45.9. The van der Waals surface area contributed by atoms with Crippen molar-refractivity contribution in [2.45, 2.75) is 131 Å². The predicted molar refractivity (Wildman–Crippen MR) is 280 cm³/mol. The van der Waals surface area contributed by atoms with Gasteiger partial charge < -0.3 is 71.3 Å². The van der Waals surface area contributed by atoms with Crippen molar-refractivity contribution in [3.63, 3.8) is 0 Å². The molecule has 0 unspecified atom stereocenters. The minimum absolute atomic E-state index is 0.000905. The van der Waals surface area contributed by atoms with Crippen LogP contribution < -0.4 is 37.6 Å². The van der Waals surface area contributed by atoms with Crippen LogP contribution in [0.25, 0.3) is 0 Å². The number of benzene rings is 1. The maximum atomic E-state index is 14.2. The van der Waals surface area contributed by atoms with E-state index in [-0.39, 0.29) is 49.4 Å². The third-order valence-electron chi connectivity index (χ3n) is 12.1. The van der Waals surface area contributed by atoms with Crippen LogP contribution in [0.1, 0.15) is 100 Å². The number of ether oxygens (including phenoxy) is 5. The van der Waals surface area contributed by atoms with Crippen LogP contribution in [0.2, 0.25) is 0 Å². The standard InChI is InChI=1S/C52H90N8O13/c1-34(2)40(31-36(5)50(67)68)60(12)49(66)45(51(6,7)8)59-48(65)44(54-11)52(9,10)37-17-16-18-38(32-37)56-42(62)33-55-46(63)39(19-14-15-21-53)57-47(64)43(35(3)4)58-41(61)20-22-70-25-26-72-29-30-73-28-27-71-24-23-69-13/h16-18,31-32,34-35,39-40,43-45,54H,14-15,19-30,33,53H2,1-13H3,(H,55,63)(H,56,62)(H,57,64)(H,58,61)(H,59,65)(H,67,68)/b36-31+/t39-,40+,43-,44+,45+/m0/s1.